The Hall–Kier alpha value is -3.35. The lowest BCUT2D eigenvalue weighted by Gasteiger charge is -2.10. The van der Waals surface area contributed by atoms with Crippen LogP contribution in [0.3, 0.4) is 0 Å². The zero-order chi connectivity index (χ0) is 18.7. The lowest BCUT2D eigenvalue weighted by atomic mass is 10.1. The number of halogens is 2. The monoisotopic (exact) mass is 354 g/mol. The van der Waals surface area contributed by atoms with E-state index in [4.69, 9.17) is 0 Å². The fraction of sp³-hybridized carbons (Fsp3) is 0.105. The number of benzene rings is 2. The smallest absolute Gasteiger partial charge is 0.276 e. The molecule has 132 valence electrons. The molecule has 0 aliphatic rings. The summed E-state index contributed by atoms with van der Waals surface area (Å²) in [5.74, 6) is -2.02. The number of hydrogen-bond donors (Lipinski definition) is 2. The van der Waals surface area contributed by atoms with Gasteiger partial charge in [0.2, 0.25) is 0 Å². The summed E-state index contributed by atoms with van der Waals surface area (Å²) in [6.07, 6.45) is 2.62. The standard InChI is InChI=1S/C19H16F2N4O/c1-11-6-7-12(2)15(8-11)24-17-10-22-16(9-23-17)19(26)25-18-13(20)4-3-5-14(18)21/h3-10H,1-2H3,(H,23,24)(H,25,26). The van der Waals surface area contributed by atoms with Crippen LogP contribution in [-0.4, -0.2) is 15.9 Å². The summed E-state index contributed by atoms with van der Waals surface area (Å²) < 4.78 is 27.2. The average Bonchev–Trinajstić information content (AvgIpc) is 2.62. The van der Waals surface area contributed by atoms with Gasteiger partial charge < -0.3 is 10.6 Å². The van der Waals surface area contributed by atoms with Crippen molar-refractivity contribution in [1.29, 1.82) is 0 Å². The summed E-state index contributed by atoms with van der Waals surface area (Å²) in [7, 11) is 0. The molecule has 26 heavy (non-hydrogen) atoms. The van der Waals surface area contributed by atoms with Crippen molar-refractivity contribution >= 4 is 23.1 Å². The molecule has 5 nitrogen and oxygen atoms in total. The van der Waals surface area contributed by atoms with Gasteiger partial charge in [-0.1, -0.05) is 18.2 Å². The van der Waals surface area contributed by atoms with Crippen LogP contribution >= 0.6 is 0 Å². The molecular formula is C19H16F2N4O. The number of para-hydroxylation sites is 1. The highest BCUT2D eigenvalue weighted by atomic mass is 19.1. The van der Waals surface area contributed by atoms with Crippen molar-refractivity contribution in [2.45, 2.75) is 13.8 Å². The average molecular weight is 354 g/mol. The van der Waals surface area contributed by atoms with Gasteiger partial charge in [0, 0.05) is 5.69 Å². The van der Waals surface area contributed by atoms with E-state index >= 15 is 0 Å². The molecular weight excluding hydrogens is 338 g/mol. The Bertz CT molecular complexity index is 938. The van der Waals surface area contributed by atoms with Crippen LogP contribution in [0.25, 0.3) is 0 Å². The van der Waals surface area contributed by atoms with Crippen LogP contribution in [0.4, 0.5) is 26.0 Å². The molecule has 0 spiro atoms. The van der Waals surface area contributed by atoms with E-state index in [0.29, 0.717) is 5.82 Å². The summed E-state index contributed by atoms with van der Waals surface area (Å²) in [5.41, 5.74) is 2.43. The van der Waals surface area contributed by atoms with Gasteiger partial charge >= 0.3 is 0 Å². The van der Waals surface area contributed by atoms with E-state index in [1.165, 1.54) is 18.5 Å². The zero-order valence-electron chi connectivity index (χ0n) is 14.2. The second-order valence-electron chi connectivity index (χ2n) is 5.78. The van der Waals surface area contributed by atoms with E-state index in [-0.39, 0.29) is 5.69 Å². The topological polar surface area (TPSA) is 66.9 Å². The predicted octanol–water partition coefficient (Wildman–Crippen LogP) is 4.37. The number of anilines is 3. The van der Waals surface area contributed by atoms with Crippen molar-refractivity contribution in [1.82, 2.24) is 9.97 Å². The quantitative estimate of drug-likeness (QED) is 0.730. The van der Waals surface area contributed by atoms with E-state index in [9.17, 15) is 13.6 Å². The Morgan fingerprint density at radius 1 is 1.00 bits per heavy atom. The number of amides is 1. The van der Waals surface area contributed by atoms with Crippen LogP contribution in [0.2, 0.25) is 0 Å². The lowest BCUT2D eigenvalue weighted by molar-refractivity contribution is 0.102. The van der Waals surface area contributed by atoms with Gasteiger partial charge in [0.1, 0.15) is 28.8 Å². The highest BCUT2D eigenvalue weighted by Crippen LogP contribution is 2.21. The molecule has 0 unspecified atom stereocenters. The van der Waals surface area contributed by atoms with E-state index in [1.54, 1.807) is 0 Å². The Morgan fingerprint density at radius 2 is 1.73 bits per heavy atom. The summed E-state index contributed by atoms with van der Waals surface area (Å²) in [6.45, 7) is 3.94. The number of nitrogens with zero attached hydrogens (tertiary/aromatic N) is 2. The van der Waals surface area contributed by atoms with Crippen LogP contribution in [-0.2, 0) is 0 Å². The lowest BCUT2D eigenvalue weighted by Crippen LogP contribution is -2.16. The molecule has 0 aliphatic carbocycles. The molecule has 1 heterocycles. The van der Waals surface area contributed by atoms with E-state index in [1.807, 2.05) is 32.0 Å². The molecule has 3 aromatic rings. The van der Waals surface area contributed by atoms with Crippen molar-refractivity contribution in [3.8, 4) is 0 Å². The van der Waals surface area contributed by atoms with E-state index < -0.39 is 23.2 Å². The fourth-order valence-electron chi connectivity index (χ4n) is 2.31. The van der Waals surface area contributed by atoms with Gasteiger partial charge in [-0.15, -0.1) is 0 Å². The minimum Gasteiger partial charge on any atom is -0.339 e. The molecule has 0 aliphatic heterocycles. The Labute approximate surface area is 149 Å². The summed E-state index contributed by atoms with van der Waals surface area (Å²) >= 11 is 0. The highest BCUT2D eigenvalue weighted by molar-refractivity contribution is 6.02. The fourth-order valence-corrected chi connectivity index (χ4v) is 2.31. The van der Waals surface area contributed by atoms with Gasteiger partial charge in [0.25, 0.3) is 5.91 Å². The molecule has 0 bridgehead atoms. The molecule has 2 N–H and O–H groups in total. The molecule has 3 rings (SSSR count). The first-order chi connectivity index (χ1) is 12.4. The maximum atomic E-state index is 13.6. The second kappa shape index (κ2) is 7.26. The predicted molar refractivity (Wildman–Crippen MR) is 95.5 cm³/mol. The van der Waals surface area contributed by atoms with Crippen molar-refractivity contribution in [2.75, 3.05) is 10.6 Å². The van der Waals surface area contributed by atoms with Gasteiger partial charge in [0.05, 0.1) is 12.4 Å². The maximum Gasteiger partial charge on any atom is 0.276 e. The number of aromatic nitrogens is 2. The maximum absolute atomic E-state index is 13.6. The molecule has 1 aromatic heterocycles. The van der Waals surface area contributed by atoms with Gasteiger partial charge in [0.15, 0.2) is 0 Å². The van der Waals surface area contributed by atoms with Crippen LogP contribution in [0.15, 0.2) is 48.8 Å². The Kier molecular flexibility index (Phi) is 4.88. The molecule has 0 fully saturated rings. The highest BCUT2D eigenvalue weighted by Gasteiger charge is 2.14. The third-order valence-corrected chi connectivity index (χ3v) is 3.74. The summed E-state index contributed by atoms with van der Waals surface area (Å²) in [6, 6.07) is 9.28. The SMILES string of the molecule is Cc1ccc(C)c(Nc2cnc(C(=O)Nc3c(F)cccc3F)cn2)c1. The normalized spacial score (nSPS) is 10.5. The number of aryl methyl sites for hydroxylation is 2. The number of hydrogen-bond acceptors (Lipinski definition) is 4. The first kappa shape index (κ1) is 17.5. The van der Waals surface area contributed by atoms with Crippen molar-refractivity contribution in [2.24, 2.45) is 0 Å². The Morgan fingerprint density at radius 3 is 2.38 bits per heavy atom. The van der Waals surface area contributed by atoms with Gasteiger partial charge in [-0.05, 0) is 43.2 Å². The summed E-state index contributed by atoms with van der Waals surface area (Å²) in [4.78, 5) is 20.3. The van der Waals surface area contributed by atoms with E-state index in [2.05, 4.69) is 20.6 Å². The molecule has 0 saturated carbocycles. The van der Waals surface area contributed by atoms with Crippen molar-refractivity contribution in [3.05, 3.63) is 77.2 Å². The molecule has 7 heteroatoms. The number of carbonyl (C=O) groups is 1. The molecule has 0 radical (unpaired) electrons. The van der Waals surface area contributed by atoms with E-state index in [0.717, 1.165) is 28.9 Å². The number of carbonyl (C=O) groups excluding carboxylic acids is 1. The number of rotatable bonds is 4. The Balaban J connectivity index is 1.75. The minimum absolute atomic E-state index is 0.0563. The van der Waals surface area contributed by atoms with Crippen LogP contribution in [0, 0.1) is 25.5 Å². The first-order valence-electron chi connectivity index (χ1n) is 7.86. The van der Waals surface area contributed by atoms with Gasteiger partial charge in [-0.25, -0.2) is 18.7 Å². The van der Waals surface area contributed by atoms with Crippen LogP contribution < -0.4 is 10.6 Å². The largest absolute Gasteiger partial charge is 0.339 e. The van der Waals surface area contributed by atoms with Crippen molar-refractivity contribution in [3.63, 3.8) is 0 Å². The molecule has 0 atom stereocenters. The van der Waals surface area contributed by atoms with Gasteiger partial charge in [-0.2, -0.15) is 0 Å². The molecule has 2 aromatic carbocycles. The minimum atomic E-state index is -0.862. The zero-order valence-corrected chi connectivity index (χ0v) is 14.2. The van der Waals surface area contributed by atoms with Crippen molar-refractivity contribution < 1.29 is 13.6 Å². The first-order valence-corrected chi connectivity index (χ1v) is 7.86. The molecule has 1 amide bonds. The number of nitrogens with one attached hydrogen (secondary N) is 2. The third kappa shape index (κ3) is 3.83. The van der Waals surface area contributed by atoms with Crippen LogP contribution in [0.1, 0.15) is 21.6 Å². The molecule has 0 saturated heterocycles. The third-order valence-electron chi connectivity index (χ3n) is 3.74. The van der Waals surface area contributed by atoms with Gasteiger partial charge in [-0.3, -0.25) is 4.79 Å². The second-order valence-corrected chi connectivity index (χ2v) is 5.78. The summed E-state index contributed by atoms with van der Waals surface area (Å²) in [5, 5.41) is 5.29. The van der Waals surface area contributed by atoms with Crippen LogP contribution in [0.5, 0.6) is 0 Å².